The molecule has 13 heteroatoms. The minimum Gasteiger partial charge on any atom is -0.456 e. The summed E-state index contributed by atoms with van der Waals surface area (Å²) >= 11 is 0. The Kier molecular flexibility index (Phi) is 14.3. The van der Waals surface area contributed by atoms with E-state index in [1.807, 2.05) is 0 Å². The Labute approximate surface area is 198 Å². The fourth-order valence-corrected chi connectivity index (χ4v) is 3.14. The molecule has 1 fully saturated rings. The molecule has 0 unspecified atom stereocenters. The van der Waals surface area contributed by atoms with Crippen LogP contribution in [0.3, 0.4) is 0 Å². The highest BCUT2D eigenvalue weighted by molar-refractivity contribution is 5.75. The fourth-order valence-electron chi connectivity index (χ4n) is 3.14. The average Bonchev–Trinajstić information content (AvgIpc) is 2.75. The lowest BCUT2D eigenvalue weighted by Gasteiger charge is -2.42. The van der Waals surface area contributed by atoms with Crippen molar-refractivity contribution in [3.63, 3.8) is 0 Å². The van der Waals surface area contributed by atoms with Gasteiger partial charge in [0.15, 0.2) is 12.4 Å². The van der Waals surface area contributed by atoms with Crippen molar-refractivity contribution in [2.75, 3.05) is 33.0 Å². The molecule has 1 aliphatic rings. The molecule has 1 amide bonds. The smallest absolute Gasteiger partial charge is 0.305 e. The first kappa shape index (κ1) is 29.7. The number of hydrogen-bond donors (Lipinski definition) is 3. The van der Waals surface area contributed by atoms with Crippen LogP contribution in [0.15, 0.2) is 0 Å². The number of nitrogens with two attached hydrogens (primary N) is 1. The highest BCUT2D eigenvalue weighted by atomic mass is 16.8. The molecule has 196 valence electrons. The van der Waals surface area contributed by atoms with Gasteiger partial charge in [-0.25, -0.2) is 0 Å². The van der Waals surface area contributed by atoms with Gasteiger partial charge in [-0.1, -0.05) is 0 Å². The zero-order chi connectivity index (χ0) is 25.5. The van der Waals surface area contributed by atoms with Crippen LogP contribution in [0.5, 0.6) is 0 Å². The number of nitrogens with one attached hydrogen (secondary N) is 1. The molecule has 1 saturated heterocycles. The van der Waals surface area contributed by atoms with E-state index in [1.54, 1.807) is 0 Å². The van der Waals surface area contributed by atoms with E-state index in [4.69, 9.17) is 39.3 Å². The lowest BCUT2D eigenvalue weighted by atomic mass is 10.0. The Hall–Kier alpha value is -2.32. The first-order valence-corrected chi connectivity index (χ1v) is 11.1. The summed E-state index contributed by atoms with van der Waals surface area (Å²) in [4.78, 5) is 46.2. The molecule has 34 heavy (non-hydrogen) atoms. The molecule has 0 spiro atoms. The second-order valence-corrected chi connectivity index (χ2v) is 7.58. The van der Waals surface area contributed by atoms with Crippen LogP contribution in [0.4, 0.5) is 0 Å². The summed E-state index contributed by atoms with van der Waals surface area (Å²) in [5, 5.41) is 11.4. The summed E-state index contributed by atoms with van der Waals surface area (Å²) in [6.45, 7) is 4.58. The van der Waals surface area contributed by atoms with Crippen LogP contribution in [-0.4, -0.2) is 92.7 Å². The lowest BCUT2D eigenvalue weighted by molar-refractivity contribution is -0.318. The molecular weight excluding hydrogens is 456 g/mol. The number of aliphatic hydroxyl groups is 1. The van der Waals surface area contributed by atoms with E-state index < -0.39 is 48.7 Å². The minimum atomic E-state index is -1.37. The third kappa shape index (κ3) is 11.7. The van der Waals surface area contributed by atoms with Gasteiger partial charge in [-0.05, 0) is 19.3 Å². The van der Waals surface area contributed by atoms with Crippen LogP contribution < -0.4 is 11.1 Å². The van der Waals surface area contributed by atoms with Gasteiger partial charge in [0.05, 0.1) is 25.9 Å². The second kappa shape index (κ2) is 16.3. The quantitative estimate of drug-likeness (QED) is 0.146. The number of carbonyl (C=O) groups is 4. The molecule has 4 N–H and O–H groups in total. The molecule has 13 nitrogen and oxygen atoms in total. The molecule has 1 rings (SSSR count). The van der Waals surface area contributed by atoms with Gasteiger partial charge >= 0.3 is 17.9 Å². The summed E-state index contributed by atoms with van der Waals surface area (Å²) in [5.74, 6) is -2.19. The second-order valence-electron chi connectivity index (χ2n) is 7.58. The molecule has 0 bridgehead atoms. The Morgan fingerprint density at radius 1 is 0.853 bits per heavy atom. The number of amides is 1. The van der Waals surface area contributed by atoms with E-state index in [0.29, 0.717) is 19.4 Å². The molecule has 0 aromatic heterocycles. The number of unbranched alkanes of at least 4 members (excludes halogenated alkanes) is 2. The van der Waals surface area contributed by atoms with Crippen LogP contribution >= 0.6 is 0 Å². The van der Waals surface area contributed by atoms with Crippen molar-refractivity contribution in [1.82, 2.24) is 5.32 Å². The van der Waals surface area contributed by atoms with Crippen molar-refractivity contribution in [3.05, 3.63) is 0 Å². The molecule has 0 saturated carbocycles. The van der Waals surface area contributed by atoms with Gasteiger partial charge in [0.2, 0.25) is 18.3 Å². The first-order chi connectivity index (χ1) is 16.1. The van der Waals surface area contributed by atoms with E-state index in [2.05, 4.69) is 5.32 Å². The molecular formula is C21H36N2O11. The Bertz CT molecular complexity index is 661. The monoisotopic (exact) mass is 492 g/mol. The van der Waals surface area contributed by atoms with Gasteiger partial charge in [-0.2, -0.15) is 0 Å². The van der Waals surface area contributed by atoms with E-state index in [0.717, 1.165) is 20.3 Å². The summed E-state index contributed by atoms with van der Waals surface area (Å²) in [5.41, 5.74) is 6.15. The molecule has 0 aromatic rings. The summed E-state index contributed by atoms with van der Waals surface area (Å²) in [6.07, 6.45) is -2.57. The molecule has 5 atom stereocenters. The van der Waals surface area contributed by atoms with Gasteiger partial charge in [-0.15, -0.1) is 0 Å². The van der Waals surface area contributed by atoms with E-state index in [-0.39, 0.29) is 38.8 Å². The SMILES string of the molecule is CC(=O)O[C@@H]1O[C@H](OCCCCCNC(=O)CCOCCO)[C@@H](N)[C@H](OC(C)=O)[C@@H]1OC(C)=O. The highest BCUT2D eigenvalue weighted by Crippen LogP contribution is 2.27. The van der Waals surface area contributed by atoms with Crippen molar-refractivity contribution in [2.24, 2.45) is 5.73 Å². The number of esters is 3. The molecule has 0 radical (unpaired) electrons. The van der Waals surface area contributed by atoms with E-state index in [9.17, 15) is 19.2 Å². The van der Waals surface area contributed by atoms with Crippen molar-refractivity contribution < 1.29 is 52.7 Å². The molecule has 0 aromatic carbocycles. The third-order valence-electron chi connectivity index (χ3n) is 4.57. The van der Waals surface area contributed by atoms with Crippen LogP contribution in [0.1, 0.15) is 46.5 Å². The Morgan fingerprint density at radius 3 is 2.12 bits per heavy atom. The average molecular weight is 493 g/mol. The third-order valence-corrected chi connectivity index (χ3v) is 4.57. The van der Waals surface area contributed by atoms with Crippen LogP contribution in [0.25, 0.3) is 0 Å². The fraction of sp³-hybridized carbons (Fsp3) is 0.810. The number of ether oxygens (including phenoxy) is 6. The lowest BCUT2D eigenvalue weighted by Crippen LogP contribution is -2.64. The zero-order valence-electron chi connectivity index (χ0n) is 19.9. The van der Waals surface area contributed by atoms with Gasteiger partial charge in [-0.3, -0.25) is 19.2 Å². The van der Waals surface area contributed by atoms with E-state index >= 15 is 0 Å². The number of hydrogen-bond acceptors (Lipinski definition) is 12. The maximum Gasteiger partial charge on any atom is 0.305 e. The first-order valence-electron chi connectivity index (χ1n) is 11.1. The predicted octanol–water partition coefficient (Wildman–Crippen LogP) is -0.875. The number of rotatable bonds is 15. The van der Waals surface area contributed by atoms with Crippen molar-refractivity contribution in [2.45, 2.75) is 77.3 Å². The van der Waals surface area contributed by atoms with Crippen LogP contribution in [0.2, 0.25) is 0 Å². The highest BCUT2D eigenvalue weighted by Gasteiger charge is 2.50. The normalized spacial score (nSPS) is 24.2. The maximum absolute atomic E-state index is 11.6. The minimum absolute atomic E-state index is 0.0813. The van der Waals surface area contributed by atoms with Crippen LogP contribution in [0, 0.1) is 0 Å². The zero-order valence-corrected chi connectivity index (χ0v) is 19.9. The number of carbonyl (C=O) groups excluding carboxylic acids is 4. The standard InChI is InChI=1S/C21H36N2O11/c1-13(25)31-18-17(22)20(34-21(33-15(3)27)19(18)32-14(2)26)30-10-6-4-5-8-23-16(28)7-11-29-12-9-24/h17-21,24H,4-12,22H2,1-3H3,(H,23,28)/t17-,18-,19-,20-,21+/m0/s1. The maximum atomic E-state index is 11.6. The number of aliphatic hydroxyl groups excluding tert-OH is 1. The van der Waals surface area contributed by atoms with Gasteiger partial charge in [0.1, 0.15) is 0 Å². The summed E-state index contributed by atoms with van der Waals surface area (Å²) in [6, 6.07) is -1.01. The topological polar surface area (TPSA) is 182 Å². The van der Waals surface area contributed by atoms with E-state index in [1.165, 1.54) is 6.92 Å². The summed E-state index contributed by atoms with van der Waals surface area (Å²) < 4.78 is 31.8. The molecule has 0 aliphatic carbocycles. The Balaban J connectivity index is 2.49. The molecule has 1 heterocycles. The van der Waals surface area contributed by atoms with Crippen molar-refractivity contribution in [3.8, 4) is 0 Å². The van der Waals surface area contributed by atoms with Crippen molar-refractivity contribution >= 4 is 23.8 Å². The molecule has 1 aliphatic heterocycles. The van der Waals surface area contributed by atoms with Crippen LogP contribution in [-0.2, 0) is 47.6 Å². The van der Waals surface area contributed by atoms with Gasteiger partial charge in [0.25, 0.3) is 0 Å². The Morgan fingerprint density at radius 2 is 1.50 bits per heavy atom. The van der Waals surface area contributed by atoms with Crippen molar-refractivity contribution in [1.29, 1.82) is 0 Å². The van der Waals surface area contributed by atoms with Gasteiger partial charge in [0, 0.05) is 40.3 Å². The van der Waals surface area contributed by atoms with Gasteiger partial charge < -0.3 is 44.6 Å². The largest absolute Gasteiger partial charge is 0.456 e. The summed E-state index contributed by atoms with van der Waals surface area (Å²) in [7, 11) is 0. The predicted molar refractivity (Wildman–Crippen MR) is 115 cm³/mol.